The van der Waals surface area contributed by atoms with E-state index in [1.165, 1.54) is 0 Å². The zero-order valence-electron chi connectivity index (χ0n) is 11.7. The summed E-state index contributed by atoms with van der Waals surface area (Å²) in [4.78, 5) is 33.9. The van der Waals surface area contributed by atoms with Gasteiger partial charge < -0.3 is 20.5 Å². The summed E-state index contributed by atoms with van der Waals surface area (Å²) in [6, 6.07) is 6.54. The van der Waals surface area contributed by atoms with Crippen LogP contribution in [0.4, 0.5) is 4.79 Å². The minimum atomic E-state index is -1.17. The lowest BCUT2D eigenvalue weighted by molar-refractivity contribution is -0.143. The molecular formula is C14H18N2O5. The molecule has 1 aromatic rings. The monoisotopic (exact) mass is 294 g/mol. The third-order valence-electron chi connectivity index (χ3n) is 2.58. The van der Waals surface area contributed by atoms with Gasteiger partial charge in [0.15, 0.2) is 6.04 Å². The third-order valence-corrected chi connectivity index (χ3v) is 2.58. The maximum absolute atomic E-state index is 11.6. The molecule has 114 valence electrons. The van der Waals surface area contributed by atoms with Crippen molar-refractivity contribution in [3.05, 3.63) is 35.9 Å². The SMILES string of the molecule is CCOC(=O)CCNC(=O)NC(C(=O)O)c1ccccc1. The number of aliphatic carboxylic acids is 1. The van der Waals surface area contributed by atoms with Gasteiger partial charge in [0.2, 0.25) is 0 Å². The second-order valence-electron chi connectivity index (χ2n) is 4.14. The number of benzene rings is 1. The Kier molecular flexibility index (Phi) is 6.73. The molecule has 0 aliphatic rings. The number of hydrogen-bond acceptors (Lipinski definition) is 4. The number of ether oxygens (including phenoxy) is 1. The fourth-order valence-corrected chi connectivity index (χ4v) is 1.63. The van der Waals surface area contributed by atoms with Crippen molar-refractivity contribution < 1.29 is 24.2 Å². The molecule has 0 aliphatic carbocycles. The number of carboxylic acids is 1. The molecule has 2 amide bonds. The summed E-state index contributed by atoms with van der Waals surface area (Å²) in [7, 11) is 0. The molecule has 0 saturated carbocycles. The van der Waals surface area contributed by atoms with Crippen molar-refractivity contribution in [1.82, 2.24) is 10.6 Å². The van der Waals surface area contributed by atoms with Crippen molar-refractivity contribution in [2.45, 2.75) is 19.4 Å². The van der Waals surface area contributed by atoms with Gasteiger partial charge in [-0.3, -0.25) is 4.79 Å². The van der Waals surface area contributed by atoms with Gasteiger partial charge in [0.1, 0.15) is 0 Å². The number of nitrogens with one attached hydrogen (secondary N) is 2. The van der Waals surface area contributed by atoms with E-state index in [-0.39, 0.29) is 19.6 Å². The summed E-state index contributed by atoms with van der Waals surface area (Å²) in [6.07, 6.45) is 0.0321. The second-order valence-corrected chi connectivity index (χ2v) is 4.14. The van der Waals surface area contributed by atoms with Gasteiger partial charge in [-0.1, -0.05) is 30.3 Å². The lowest BCUT2D eigenvalue weighted by Gasteiger charge is -2.15. The highest BCUT2D eigenvalue weighted by Gasteiger charge is 2.21. The van der Waals surface area contributed by atoms with Crippen LogP contribution in [0.3, 0.4) is 0 Å². The fourth-order valence-electron chi connectivity index (χ4n) is 1.63. The average molecular weight is 294 g/mol. The number of hydrogen-bond donors (Lipinski definition) is 3. The summed E-state index contributed by atoms with van der Waals surface area (Å²) >= 11 is 0. The van der Waals surface area contributed by atoms with Gasteiger partial charge in [-0.05, 0) is 12.5 Å². The molecule has 0 saturated heterocycles. The number of amides is 2. The van der Waals surface area contributed by atoms with E-state index in [4.69, 9.17) is 9.84 Å². The van der Waals surface area contributed by atoms with Gasteiger partial charge in [0, 0.05) is 6.54 Å². The quantitative estimate of drug-likeness (QED) is 0.652. The van der Waals surface area contributed by atoms with Crippen molar-refractivity contribution in [2.75, 3.05) is 13.2 Å². The Bertz CT molecular complexity index is 489. The fraction of sp³-hybridized carbons (Fsp3) is 0.357. The van der Waals surface area contributed by atoms with E-state index in [0.717, 1.165) is 0 Å². The Morgan fingerprint density at radius 1 is 1.24 bits per heavy atom. The Balaban J connectivity index is 2.47. The van der Waals surface area contributed by atoms with Crippen LogP contribution in [0.1, 0.15) is 24.9 Å². The maximum atomic E-state index is 11.6. The molecule has 7 nitrogen and oxygen atoms in total. The molecule has 0 heterocycles. The normalized spacial score (nSPS) is 11.3. The number of carboxylic acid groups (broad SMARTS) is 1. The predicted octanol–water partition coefficient (Wildman–Crippen LogP) is 1.06. The summed E-state index contributed by atoms with van der Waals surface area (Å²) in [5.41, 5.74) is 0.463. The molecule has 0 spiro atoms. The molecule has 0 radical (unpaired) electrons. The molecule has 3 N–H and O–H groups in total. The third kappa shape index (κ3) is 5.94. The first-order valence-corrected chi connectivity index (χ1v) is 6.52. The van der Waals surface area contributed by atoms with Gasteiger partial charge >= 0.3 is 18.0 Å². The van der Waals surface area contributed by atoms with E-state index in [9.17, 15) is 14.4 Å². The largest absolute Gasteiger partial charge is 0.479 e. The second kappa shape index (κ2) is 8.57. The Morgan fingerprint density at radius 3 is 2.48 bits per heavy atom. The van der Waals surface area contributed by atoms with Crippen molar-refractivity contribution in [2.24, 2.45) is 0 Å². The van der Waals surface area contributed by atoms with Gasteiger partial charge in [-0.15, -0.1) is 0 Å². The molecular weight excluding hydrogens is 276 g/mol. The number of urea groups is 1. The van der Waals surface area contributed by atoms with Crippen molar-refractivity contribution in [3.8, 4) is 0 Å². The molecule has 1 atom stereocenters. The summed E-state index contributed by atoms with van der Waals surface area (Å²) in [6.45, 7) is 2.04. The molecule has 21 heavy (non-hydrogen) atoms. The van der Waals surface area contributed by atoms with Crippen LogP contribution < -0.4 is 10.6 Å². The lowest BCUT2D eigenvalue weighted by atomic mass is 10.1. The van der Waals surface area contributed by atoms with Crippen molar-refractivity contribution in [1.29, 1.82) is 0 Å². The molecule has 0 aromatic heterocycles. The van der Waals surface area contributed by atoms with Crippen LogP contribution in [-0.2, 0) is 14.3 Å². The highest BCUT2D eigenvalue weighted by molar-refractivity contribution is 5.83. The topological polar surface area (TPSA) is 105 Å². The Hall–Kier alpha value is -2.57. The molecule has 7 heteroatoms. The van der Waals surface area contributed by atoms with Gasteiger partial charge in [-0.2, -0.15) is 0 Å². The first-order chi connectivity index (χ1) is 10.0. The first-order valence-electron chi connectivity index (χ1n) is 6.52. The van der Waals surface area contributed by atoms with Crippen LogP contribution in [0.15, 0.2) is 30.3 Å². The lowest BCUT2D eigenvalue weighted by Crippen LogP contribution is -2.41. The summed E-state index contributed by atoms with van der Waals surface area (Å²) < 4.78 is 4.71. The van der Waals surface area contributed by atoms with Crippen molar-refractivity contribution >= 4 is 18.0 Å². The van der Waals surface area contributed by atoms with E-state index in [1.807, 2.05) is 0 Å². The van der Waals surface area contributed by atoms with Crippen molar-refractivity contribution in [3.63, 3.8) is 0 Å². The molecule has 1 unspecified atom stereocenters. The molecule has 1 rings (SSSR count). The standard InChI is InChI=1S/C14H18N2O5/c1-2-21-11(17)8-9-15-14(20)16-12(13(18)19)10-6-4-3-5-7-10/h3-7,12H,2,8-9H2,1H3,(H,18,19)(H2,15,16,20). The average Bonchev–Trinajstić information content (AvgIpc) is 2.45. The first kappa shape index (κ1) is 16.5. The minimum absolute atomic E-state index is 0.0321. The Labute approximate surface area is 122 Å². The highest BCUT2D eigenvalue weighted by Crippen LogP contribution is 2.12. The zero-order chi connectivity index (χ0) is 15.7. The van der Waals surface area contributed by atoms with Crippen LogP contribution in [0.25, 0.3) is 0 Å². The minimum Gasteiger partial charge on any atom is -0.479 e. The van der Waals surface area contributed by atoms with Gasteiger partial charge in [-0.25, -0.2) is 9.59 Å². The van der Waals surface area contributed by atoms with Gasteiger partial charge in [0.05, 0.1) is 13.0 Å². The molecule has 0 aliphatic heterocycles. The van der Waals surface area contributed by atoms with E-state index in [0.29, 0.717) is 5.56 Å². The Morgan fingerprint density at radius 2 is 1.90 bits per heavy atom. The number of carbonyl (C=O) groups is 3. The molecule has 1 aromatic carbocycles. The van der Waals surface area contributed by atoms with Crippen LogP contribution >= 0.6 is 0 Å². The smallest absolute Gasteiger partial charge is 0.330 e. The molecule has 0 bridgehead atoms. The number of rotatable bonds is 7. The van der Waals surface area contributed by atoms with E-state index in [1.54, 1.807) is 37.3 Å². The van der Waals surface area contributed by atoms with E-state index in [2.05, 4.69) is 10.6 Å². The van der Waals surface area contributed by atoms with Crippen LogP contribution in [-0.4, -0.2) is 36.2 Å². The molecule has 0 fully saturated rings. The summed E-state index contributed by atoms with van der Waals surface area (Å²) in [5.74, 6) is -1.59. The zero-order valence-corrected chi connectivity index (χ0v) is 11.7. The van der Waals surface area contributed by atoms with E-state index >= 15 is 0 Å². The summed E-state index contributed by atoms with van der Waals surface area (Å²) in [5, 5.41) is 13.9. The predicted molar refractivity (Wildman–Crippen MR) is 74.6 cm³/mol. The van der Waals surface area contributed by atoms with Crippen LogP contribution in [0.2, 0.25) is 0 Å². The van der Waals surface area contributed by atoms with E-state index < -0.39 is 24.0 Å². The van der Waals surface area contributed by atoms with Crippen LogP contribution in [0.5, 0.6) is 0 Å². The number of carbonyl (C=O) groups excluding carboxylic acids is 2. The van der Waals surface area contributed by atoms with Gasteiger partial charge in [0.25, 0.3) is 0 Å². The highest BCUT2D eigenvalue weighted by atomic mass is 16.5. The maximum Gasteiger partial charge on any atom is 0.330 e. The van der Waals surface area contributed by atoms with Crippen LogP contribution in [0, 0.1) is 0 Å². The number of esters is 1.